The van der Waals surface area contributed by atoms with E-state index in [1.165, 1.54) is 7.11 Å². The molecule has 3 nitrogen and oxygen atoms in total. The molecular formula is C14H19NO2S. The number of nitrogens with one attached hydrogen (secondary N) is 1. The quantitative estimate of drug-likeness (QED) is 0.828. The Kier molecular flexibility index (Phi) is 5.78. The van der Waals surface area contributed by atoms with E-state index in [4.69, 9.17) is 0 Å². The van der Waals surface area contributed by atoms with Gasteiger partial charge in [0, 0.05) is 0 Å². The first-order valence-electron chi connectivity index (χ1n) is 5.81. The van der Waals surface area contributed by atoms with E-state index < -0.39 is 11.0 Å². The van der Waals surface area contributed by atoms with Gasteiger partial charge in [-0.15, -0.1) is 11.8 Å². The fraction of sp³-hybridized carbons (Fsp3) is 0.357. The number of thioether (sulfide) groups is 1. The van der Waals surface area contributed by atoms with E-state index in [0.29, 0.717) is 0 Å². The average molecular weight is 265 g/mol. The number of hydrogen-bond donors (Lipinski definition) is 1. The van der Waals surface area contributed by atoms with Crippen LogP contribution in [0.15, 0.2) is 36.4 Å². The van der Waals surface area contributed by atoms with E-state index in [0.717, 1.165) is 12.0 Å². The molecule has 0 fully saturated rings. The largest absolute Gasteiger partial charge is 0.453 e. The summed E-state index contributed by atoms with van der Waals surface area (Å²) in [5.41, 5.74) is 1.11. The van der Waals surface area contributed by atoms with Crippen LogP contribution in [0.1, 0.15) is 18.9 Å². The molecule has 1 N–H and O–H groups in total. The molecule has 0 saturated carbocycles. The van der Waals surface area contributed by atoms with Gasteiger partial charge in [-0.3, -0.25) is 0 Å². The molecule has 4 heteroatoms. The highest BCUT2D eigenvalue weighted by Crippen LogP contribution is 2.26. The van der Waals surface area contributed by atoms with Crippen LogP contribution >= 0.6 is 11.8 Å². The number of hydrogen-bond acceptors (Lipinski definition) is 3. The van der Waals surface area contributed by atoms with Gasteiger partial charge < -0.3 is 10.1 Å². The Bertz CT molecular complexity index is 400. The molecule has 0 spiro atoms. The van der Waals surface area contributed by atoms with Gasteiger partial charge in [0.25, 0.3) is 0 Å². The monoisotopic (exact) mass is 265 g/mol. The van der Waals surface area contributed by atoms with Crippen molar-refractivity contribution in [2.75, 3.05) is 13.4 Å². The van der Waals surface area contributed by atoms with Crippen LogP contribution < -0.4 is 5.32 Å². The van der Waals surface area contributed by atoms with Crippen LogP contribution in [0.4, 0.5) is 4.79 Å². The first-order valence-corrected chi connectivity index (χ1v) is 7.04. The molecule has 1 aromatic carbocycles. The van der Waals surface area contributed by atoms with Crippen LogP contribution in [0.3, 0.4) is 0 Å². The zero-order valence-corrected chi connectivity index (χ0v) is 11.8. The Hall–Kier alpha value is -1.42. The molecule has 1 amide bonds. The molecular weight excluding hydrogens is 246 g/mol. The van der Waals surface area contributed by atoms with Crippen molar-refractivity contribution in [2.45, 2.75) is 18.2 Å². The Morgan fingerprint density at radius 1 is 1.44 bits per heavy atom. The highest BCUT2D eigenvalue weighted by atomic mass is 32.2. The first kappa shape index (κ1) is 14.6. The summed E-state index contributed by atoms with van der Waals surface area (Å²) >= 11 is 1.58. The smallest absolute Gasteiger partial charge is 0.408 e. The molecule has 0 radical (unpaired) electrons. The second-order valence-corrected chi connectivity index (χ2v) is 4.94. The van der Waals surface area contributed by atoms with Crippen molar-refractivity contribution in [2.24, 2.45) is 0 Å². The second kappa shape index (κ2) is 7.11. The summed E-state index contributed by atoms with van der Waals surface area (Å²) in [5, 5.41) is 2.86. The van der Waals surface area contributed by atoms with E-state index in [1.54, 1.807) is 11.8 Å². The molecule has 0 aliphatic heterocycles. The van der Waals surface area contributed by atoms with Crippen LogP contribution in [0.2, 0.25) is 0 Å². The van der Waals surface area contributed by atoms with Gasteiger partial charge in [0.1, 0.15) is 4.87 Å². The van der Waals surface area contributed by atoms with E-state index in [2.05, 4.69) is 10.1 Å². The van der Waals surface area contributed by atoms with Crippen LogP contribution in [0.5, 0.6) is 0 Å². The van der Waals surface area contributed by atoms with Crippen molar-refractivity contribution in [3.05, 3.63) is 42.0 Å². The van der Waals surface area contributed by atoms with Crippen LogP contribution in [-0.2, 0) is 4.74 Å². The first-order chi connectivity index (χ1) is 8.65. The number of alkyl carbamates (subject to hydrolysis) is 1. The van der Waals surface area contributed by atoms with Gasteiger partial charge in [-0.2, -0.15) is 0 Å². The molecule has 0 aliphatic rings. The topological polar surface area (TPSA) is 38.3 Å². The lowest BCUT2D eigenvalue weighted by molar-refractivity contribution is 0.167. The minimum Gasteiger partial charge on any atom is -0.453 e. The second-order valence-electron chi connectivity index (χ2n) is 3.81. The van der Waals surface area contributed by atoms with E-state index in [1.807, 2.05) is 55.7 Å². The Morgan fingerprint density at radius 3 is 2.61 bits per heavy atom. The minimum absolute atomic E-state index is 0.413. The lowest BCUT2D eigenvalue weighted by atomic mass is 10.1. The van der Waals surface area contributed by atoms with Crippen LogP contribution in [0.25, 0.3) is 6.08 Å². The lowest BCUT2D eigenvalue weighted by Gasteiger charge is -2.27. The van der Waals surface area contributed by atoms with Crippen molar-refractivity contribution in [3.8, 4) is 0 Å². The van der Waals surface area contributed by atoms with Crippen molar-refractivity contribution in [1.29, 1.82) is 0 Å². The van der Waals surface area contributed by atoms with Gasteiger partial charge >= 0.3 is 6.09 Å². The number of carbonyl (C=O) groups is 1. The highest BCUT2D eigenvalue weighted by molar-refractivity contribution is 8.00. The SMILES string of the molecule is CC[C@@](/C=C/c1ccccc1)(NC(=O)OC)SC. The Labute approximate surface area is 113 Å². The maximum atomic E-state index is 11.4. The third kappa shape index (κ3) is 4.11. The zero-order chi connectivity index (χ0) is 13.4. The fourth-order valence-electron chi connectivity index (χ4n) is 1.53. The predicted octanol–water partition coefficient (Wildman–Crippen LogP) is 3.53. The third-order valence-electron chi connectivity index (χ3n) is 2.73. The molecule has 18 heavy (non-hydrogen) atoms. The Morgan fingerprint density at radius 2 is 2.11 bits per heavy atom. The molecule has 0 aromatic heterocycles. The van der Waals surface area contributed by atoms with Gasteiger partial charge in [-0.25, -0.2) is 4.79 Å². The summed E-state index contributed by atoms with van der Waals surface area (Å²) in [6, 6.07) is 10.00. The van der Waals surface area contributed by atoms with Crippen molar-refractivity contribution < 1.29 is 9.53 Å². The van der Waals surface area contributed by atoms with Crippen LogP contribution in [0, 0.1) is 0 Å². The molecule has 0 unspecified atom stereocenters. The number of carbonyl (C=O) groups excluding carboxylic acids is 1. The van der Waals surface area contributed by atoms with Gasteiger partial charge in [0.2, 0.25) is 0 Å². The number of rotatable bonds is 5. The number of ether oxygens (including phenoxy) is 1. The fourth-order valence-corrected chi connectivity index (χ4v) is 2.21. The molecule has 1 rings (SSSR count). The molecule has 1 aromatic rings. The lowest BCUT2D eigenvalue weighted by Crippen LogP contribution is -2.43. The molecule has 0 aliphatic carbocycles. The molecule has 0 heterocycles. The zero-order valence-electron chi connectivity index (χ0n) is 11.0. The molecule has 1 atom stereocenters. The summed E-state index contributed by atoms with van der Waals surface area (Å²) in [4.78, 5) is 10.9. The molecule has 98 valence electrons. The minimum atomic E-state index is -0.428. The van der Waals surface area contributed by atoms with Crippen LogP contribution in [-0.4, -0.2) is 24.3 Å². The maximum Gasteiger partial charge on any atom is 0.408 e. The Balaban J connectivity index is 2.85. The summed E-state index contributed by atoms with van der Waals surface area (Å²) < 4.78 is 4.66. The van der Waals surface area contributed by atoms with E-state index in [9.17, 15) is 4.79 Å². The number of benzene rings is 1. The van der Waals surface area contributed by atoms with Crippen molar-refractivity contribution >= 4 is 23.9 Å². The van der Waals surface area contributed by atoms with Crippen molar-refractivity contribution in [1.82, 2.24) is 5.32 Å². The molecule has 0 saturated heterocycles. The number of amides is 1. The van der Waals surface area contributed by atoms with Gasteiger partial charge in [0.05, 0.1) is 7.11 Å². The normalized spacial score (nSPS) is 14.2. The van der Waals surface area contributed by atoms with E-state index in [-0.39, 0.29) is 0 Å². The summed E-state index contributed by atoms with van der Waals surface area (Å²) in [5.74, 6) is 0. The van der Waals surface area contributed by atoms with Gasteiger partial charge in [-0.05, 0) is 24.3 Å². The number of methoxy groups -OCH3 is 1. The average Bonchev–Trinajstić information content (AvgIpc) is 2.44. The third-order valence-corrected chi connectivity index (χ3v) is 3.99. The maximum absolute atomic E-state index is 11.4. The van der Waals surface area contributed by atoms with E-state index >= 15 is 0 Å². The summed E-state index contributed by atoms with van der Waals surface area (Å²) in [6.45, 7) is 2.03. The standard InChI is InChI=1S/C14H19NO2S/c1-4-14(18-3,15-13(16)17-2)11-10-12-8-6-5-7-9-12/h5-11H,4H2,1-3H3,(H,15,16)/b11-10+/t14-/m1/s1. The predicted molar refractivity (Wildman–Crippen MR) is 77.6 cm³/mol. The highest BCUT2D eigenvalue weighted by Gasteiger charge is 2.26. The van der Waals surface area contributed by atoms with Crippen molar-refractivity contribution in [3.63, 3.8) is 0 Å². The van der Waals surface area contributed by atoms with Gasteiger partial charge in [-0.1, -0.05) is 43.3 Å². The van der Waals surface area contributed by atoms with Gasteiger partial charge in [0.15, 0.2) is 0 Å². The summed E-state index contributed by atoms with van der Waals surface area (Å²) in [7, 11) is 1.37. The molecule has 0 bridgehead atoms. The summed E-state index contributed by atoms with van der Waals surface area (Å²) in [6.07, 6.45) is 6.35.